The quantitative estimate of drug-likeness (QED) is 0.832. The maximum atomic E-state index is 6.64. The molecular formula is C15H31N3. The van der Waals surface area contributed by atoms with Gasteiger partial charge in [-0.1, -0.05) is 26.7 Å². The van der Waals surface area contributed by atoms with Gasteiger partial charge >= 0.3 is 0 Å². The molecule has 0 spiro atoms. The Bertz CT molecular complexity index is 279. The summed E-state index contributed by atoms with van der Waals surface area (Å²) in [4.78, 5) is 4.98. The molecule has 1 saturated heterocycles. The molecule has 106 valence electrons. The van der Waals surface area contributed by atoms with E-state index in [0.29, 0.717) is 6.04 Å². The van der Waals surface area contributed by atoms with Crippen LogP contribution < -0.4 is 5.73 Å². The largest absolute Gasteiger partial charge is 0.324 e. The minimum atomic E-state index is 0.0819. The molecule has 0 bridgehead atoms. The Morgan fingerprint density at radius 3 is 2.56 bits per heavy atom. The Morgan fingerprint density at radius 1 is 1.28 bits per heavy atom. The summed E-state index contributed by atoms with van der Waals surface area (Å²) in [5.74, 6) is 1.58. The van der Waals surface area contributed by atoms with Gasteiger partial charge in [0, 0.05) is 31.2 Å². The summed E-state index contributed by atoms with van der Waals surface area (Å²) in [5.41, 5.74) is 6.72. The third-order valence-corrected chi connectivity index (χ3v) is 4.98. The second kappa shape index (κ2) is 5.48. The lowest BCUT2D eigenvalue weighted by Gasteiger charge is -2.39. The van der Waals surface area contributed by atoms with E-state index in [-0.39, 0.29) is 5.54 Å². The van der Waals surface area contributed by atoms with Gasteiger partial charge in [-0.25, -0.2) is 0 Å². The van der Waals surface area contributed by atoms with Gasteiger partial charge < -0.3 is 10.6 Å². The number of nitrogens with zero attached hydrogens (tertiary/aromatic N) is 2. The molecule has 1 aliphatic heterocycles. The highest BCUT2D eigenvalue weighted by Crippen LogP contribution is 2.32. The fourth-order valence-corrected chi connectivity index (χ4v) is 4.14. The van der Waals surface area contributed by atoms with Crippen molar-refractivity contribution >= 4 is 0 Å². The average Bonchev–Trinajstić information content (AvgIpc) is 2.58. The van der Waals surface area contributed by atoms with Crippen molar-refractivity contribution in [2.24, 2.45) is 17.6 Å². The van der Waals surface area contributed by atoms with Gasteiger partial charge in [-0.15, -0.1) is 0 Å². The molecular weight excluding hydrogens is 222 g/mol. The molecule has 1 heterocycles. The Labute approximate surface area is 113 Å². The summed E-state index contributed by atoms with van der Waals surface area (Å²) in [6, 6.07) is 0.703. The monoisotopic (exact) mass is 253 g/mol. The topological polar surface area (TPSA) is 32.5 Å². The maximum Gasteiger partial charge on any atom is 0.0285 e. The lowest BCUT2D eigenvalue weighted by molar-refractivity contribution is 0.161. The Kier molecular flexibility index (Phi) is 4.35. The van der Waals surface area contributed by atoms with Crippen LogP contribution in [0, 0.1) is 11.8 Å². The first-order chi connectivity index (χ1) is 8.39. The van der Waals surface area contributed by atoms with Crippen LogP contribution in [0.15, 0.2) is 0 Å². The molecule has 2 rings (SSSR count). The van der Waals surface area contributed by atoms with Crippen LogP contribution in [0.1, 0.15) is 39.5 Å². The maximum absolute atomic E-state index is 6.64. The van der Waals surface area contributed by atoms with Crippen LogP contribution in [-0.4, -0.2) is 55.1 Å². The van der Waals surface area contributed by atoms with E-state index in [1.165, 1.54) is 38.8 Å². The van der Waals surface area contributed by atoms with Crippen molar-refractivity contribution < 1.29 is 0 Å². The van der Waals surface area contributed by atoms with Crippen molar-refractivity contribution in [3.63, 3.8) is 0 Å². The molecule has 0 aromatic carbocycles. The molecule has 3 heteroatoms. The van der Waals surface area contributed by atoms with Gasteiger partial charge in [-0.2, -0.15) is 0 Å². The lowest BCUT2D eigenvalue weighted by Crippen LogP contribution is -2.52. The first-order valence-corrected chi connectivity index (χ1v) is 7.57. The van der Waals surface area contributed by atoms with Gasteiger partial charge in [0.25, 0.3) is 0 Å². The van der Waals surface area contributed by atoms with Crippen LogP contribution in [-0.2, 0) is 0 Å². The van der Waals surface area contributed by atoms with E-state index < -0.39 is 0 Å². The summed E-state index contributed by atoms with van der Waals surface area (Å²) in [6.07, 6.45) is 5.12. The minimum Gasteiger partial charge on any atom is -0.324 e. The number of likely N-dealkylation sites (N-methyl/N-ethyl adjacent to an activating group) is 1. The third-order valence-electron chi connectivity index (χ3n) is 4.98. The highest BCUT2D eigenvalue weighted by atomic mass is 15.2. The van der Waals surface area contributed by atoms with Crippen molar-refractivity contribution in [3.8, 4) is 0 Å². The molecule has 2 fully saturated rings. The first-order valence-electron chi connectivity index (χ1n) is 7.57. The standard InChI is InChI=1S/C15H31N3/c1-12-6-5-7-15(16,8-12)11-18-9-13(2)14(10-18)17(3)4/h12-14H,5-11,16H2,1-4H3. The van der Waals surface area contributed by atoms with Crippen LogP contribution >= 0.6 is 0 Å². The highest BCUT2D eigenvalue weighted by Gasteiger charge is 2.37. The van der Waals surface area contributed by atoms with Gasteiger partial charge in [0.05, 0.1) is 0 Å². The zero-order valence-corrected chi connectivity index (χ0v) is 12.7. The van der Waals surface area contributed by atoms with E-state index >= 15 is 0 Å². The molecule has 1 saturated carbocycles. The molecule has 1 aliphatic carbocycles. The van der Waals surface area contributed by atoms with Crippen molar-refractivity contribution in [3.05, 3.63) is 0 Å². The van der Waals surface area contributed by atoms with Gasteiger partial charge in [0.15, 0.2) is 0 Å². The predicted molar refractivity (Wildman–Crippen MR) is 77.6 cm³/mol. The van der Waals surface area contributed by atoms with Crippen LogP contribution in [0.4, 0.5) is 0 Å². The van der Waals surface area contributed by atoms with Gasteiger partial charge in [-0.05, 0) is 38.8 Å². The summed E-state index contributed by atoms with van der Waals surface area (Å²) < 4.78 is 0. The van der Waals surface area contributed by atoms with E-state index in [9.17, 15) is 0 Å². The van der Waals surface area contributed by atoms with Crippen molar-refractivity contribution in [2.45, 2.75) is 51.1 Å². The third kappa shape index (κ3) is 3.25. The summed E-state index contributed by atoms with van der Waals surface area (Å²) in [7, 11) is 4.40. The molecule has 0 aromatic heterocycles. The van der Waals surface area contributed by atoms with Crippen LogP contribution in [0.2, 0.25) is 0 Å². The van der Waals surface area contributed by atoms with Crippen molar-refractivity contribution in [2.75, 3.05) is 33.7 Å². The van der Waals surface area contributed by atoms with Crippen LogP contribution in [0.25, 0.3) is 0 Å². The predicted octanol–water partition coefficient (Wildman–Crippen LogP) is 1.78. The number of hydrogen-bond donors (Lipinski definition) is 1. The smallest absolute Gasteiger partial charge is 0.0285 e. The Morgan fingerprint density at radius 2 is 2.00 bits per heavy atom. The molecule has 3 nitrogen and oxygen atoms in total. The molecule has 0 aromatic rings. The van der Waals surface area contributed by atoms with Gasteiger partial charge in [-0.3, -0.25) is 4.90 Å². The van der Waals surface area contributed by atoms with Gasteiger partial charge in [0.1, 0.15) is 0 Å². The SMILES string of the molecule is CC1CCCC(N)(CN2CC(C)C(N(C)C)C2)C1. The number of nitrogens with two attached hydrogens (primary N) is 1. The number of hydrogen-bond acceptors (Lipinski definition) is 3. The van der Waals surface area contributed by atoms with E-state index in [1.54, 1.807) is 0 Å². The molecule has 4 unspecified atom stereocenters. The number of rotatable bonds is 3. The molecule has 2 N–H and O–H groups in total. The first kappa shape index (κ1) is 14.3. The normalized spacial score (nSPS) is 42.7. The zero-order valence-electron chi connectivity index (χ0n) is 12.7. The fourth-order valence-electron chi connectivity index (χ4n) is 4.14. The van der Waals surface area contributed by atoms with E-state index in [1.807, 2.05) is 0 Å². The second-order valence-corrected chi connectivity index (χ2v) is 7.27. The zero-order chi connectivity index (χ0) is 13.3. The summed E-state index contributed by atoms with van der Waals surface area (Å²) in [6.45, 7) is 8.25. The molecule has 0 amide bonds. The van der Waals surface area contributed by atoms with Gasteiger partial charge in [0.2, 0.25) is 0 Å². The molecule has 18 heavy (non-hydrogen) atoms. The highest BCUT2D eigenvalue weighted by molar-refractivity contribution is 4.96. The van der Waals surface area contributed by atoms with E-state index in [2.05, 4.69) is 37.7 Å². The van der Waals surface area contributed by atoms with Crippen molar-refractivity contribution in [1.82, 2.24) is 9.80 Å². The lowest BCUT2D eigenvalue weighted by atomic mass is 9.77. The van der Waals surface area contributed by atoms with Crippen LogP contribution in [0.3, 0.4) is 0 Å². The molecule has 2 aliphatic rings. The molecule has 0 radical (unpaired) electrons. The minimum absolute atomic E-state index is 0.0819. The van der Waals surface area contributed by atoms with E-state index in [0.717, 1.165) is 18.4 Å². The second-order valence-electron chi connectivity index (χ2n) is 7.27. The fraction of sp³-hybridized carbons (Fsp3) is 1.00. The summed E-state index contributed by atoms with van der Waals surface area (Å²) in [5, 5.41) is 0. The van der Waals surface area contributed by atoms with Crippen LogP contribution in [0.5, 0.6) is 0 Å². The Balaban J connectivity index is 1.90. The average molecular weight is 253 g/mol. The van der Waals surface area contributed by atoms with E-state index in [4.69, 9.17) is 5.73 Å². The number of likely N-dealkylation sites (tertiary alicyclic amines) is 1. The van der Waals surface area contributed by atoms with Crippen molar-refractivity contribution in [1.29, 1.82) is 0 Å². The summed E-state index contributed by atoms with van der Waals surface area (Å²) >= 11 is 0. The molecule has 4 atom stereocenters. The Hall–Kier alpha value is -0.120.